The van der Waals surface area contributed by atoms with Gasteiger partial charge in [-0.1, -0.05) is 0 Å². The summed E-state index contributed by atoms with van der Waals surface area (Å²) in [6.45, 7) is 0. The lowest BCUT2D eigenvalue weighted by Gasteiger charge is -2.30. The summed E-state index contributed by atoms with van der Waals surface area (Å²) in [4.78, 5) is 25.0. The first kappa shape index (κ1) is 20.5. The van der Waals surface area contributed by atoms with Gasteiger partial charge >= 0.3 is 0 Å². The SMILES string of the molecule is Nc1ncc2nc(Nc3c(F)cc(F)cc3F)n(C3CCC(C(=O)NC4CC4)CC3)c2n1. The molecule has 2 aromatic heterocycles. The van der Waals surface area contributed by atoms with Crippen molar-refractivity contribution in [2.24, 2.45) is 5.92 Å². The number of benzene rings is 1. The van der Waals surface area contributed by atoms with Crippen LogP contribution in [0.1, 0.15) is 44.6 Å². The van der Waals surface area contributed by atoms with Crippen molar-refractivity contribution in [3.05, 3.63) is 35.8 Å². The summed E-state index contributed by atoms with van der Waals surface area (Å²) in [5.74, 6) is -2.96. The average Bonchev–Trinajstić information content (AvgIpc) is 3.49. The van der Waals surface area contributed by atoms with Gasteiger partial charge in [-0.25, -0.2) is 23.1 Å². The first-order valence-electron chi connectivity index (χ1n) is 10.6. The Labute approximate surface area is 181 Å². The zero-order valence-corrected chi connectivity index (χ0v) is 17.1. The van der Waals surface area contributed by atoms with Crippen LogP contribution in [0.25, 0.3) is 11.2 Å². The van der Waals surface area contributed by atoms with Crippen molar-refractivity contribution in [3.63, 3.8) is 0 Å². The highest BCUT2D eigenvalue weighted by atomic mass is 19.1. The Morgan fingerprint density at radius 1 is 1.03 bits per heavy atom. The molecule has 4 N–H and O–H groups in total. The molecule has 2 heterocycles. The van der Waals surface area contributed by atoms with Crippen LogP contribution in [0.3, 0.4) is 0 Å². The molecular formula is C21H22F3N7O. The largest absolute Gasteiger partial charge is 0.368 e. The molecule has 1 aromatic carbocycles. The molecule has 2 aliphatic carbocycles. The van der Waals surface area contributed by atoms with Gasteiger partial charge in [-0.05, 0) is 38.5 Å². The molecule has 0 saturated heterocycles. The Morgan fingerprint density at radius 3 is 2.38 bits per heavy atom. The molecule has 5 rings (SSSR count). The zero-order chi connectivity index (χ0) is 22.4. The second-order valence-electron chi connectivity index (χ2n) is 8.40. The molecule has 0 bridgehead atoms. The van der Waals surface area contributed by atoms with E-state index in [9.17, 15) is 18.0 Å². The number of carbonyl (C=O) groups excluding carboxylic acids is 1. The van der Waals surface area contributed by atoms with Crippen molar-refractivity contribution in [2.75, 3.05) is 11.1 Å². The number of nitrogens with one attached hydrogen (secondary N) is 2. The first-order chi connectivity index (χ1) is 15.4. The number of rotatable bonds is 5. The Hall–Kier alpha value is -3.37. The Bertz CT molecular complexity index is 1160. The normalized spacial score (nSPS) is 21.0. The minimum absolute atomic E-state index is 0.0434. The molecule has 32 heavy (non-hydrogen) atoms. The van der Waals surface area contributed by atoms with Gasteiger partial charge in [0.15, 0.2) is 17.3 Å². The van der Waals surface area contributed by atoms with Gasteiger partial charge in [0.05, 0.1) is 6.20 Å². The van der Waals surface area contributed by atoms with Crippen LogP contribution in [0.4, 0.5) is 30.8 Å². The van der Waals surface area contributed by atoms with E-state index in [4.69, 9.17) is 5.73 Å². The lowest BCUT2D eigenvalue weighted by atomic mass is 9.85. The molecule has 3 aromatic rings. The molecular weight excluding hydrogens is 423 g/mol. The number of nitrogens with two attached hydrogens (primary N) is 1. The molecule has 8 nitrogen and oxygen atoms in total. The molecule has 0 aliphatic heterocycles. The average molecular weight is 445 g/mol. The highest BCUT2D eigenvalue weighted by molar-refractivity contribution is 5.79. The summed E-state index contributed by atoms with van der Waals surface area (Å²) >= 11 is 0. The van der Waals surface area contributed by atoms with E-state index >= 15 is 0 Å². The summed E-state index contributed by atoms with van der Waals surface area (Å²) in [5, 5.41) is 5.71. The van der Waals surface area contributed by atoms with E-state index in [2.05, 4.69) is 25.6 Å². The van der Waals surface area contributed by atoms with Gasteiger partial charge < -0.3 is 16.4 Å². The number of hydrogen-bond acceptors (Lipinski definition) is 6. The topological polar surface area (TPSA) is 111 Å². The van der Waals surface area contributed by atoms with E-state index in [0.29, 0.717) is 55.0 Å². The van der Waals surface area contributed by atoms with Gasteiger partial charge in [0.25, 0.3) is 0 Å². The summed E-state index contributed by atoms with van der Waals surface area (Å²) < 4.78 is 43.6. The van der Waals surface area contributed by atoms with E-state index < -0.39 is 23.1 Å². The number of imidazole rings is 1. The predicted octanol–water partition coefficient (Wildman–Crippen LogP) is 3.58. The Balaban J connectivity index is 1.45. The van der Waals surface area contributed by atoms with Crippen LogP contribution >= 0.6 is 0 Å². The fourth-order valence-corrected chi connectivity index (χ4v) is 4.25. The van der Waals surface area contributed by atoms with Crippen LogP contribution < -0.4 is 16.4 Å². The monoisotopic (exact) mass is 445 g/mol. The van der Waals surface area contributed by atoms with Crippen LogP contribution in [-0.2, 0) is 4.79 Å². The maximum absolute atomic E-state index is 14.3. The third-order valence-corrected chi connectivity index (χ3v) is 6.05. The molecule has 2 aliphatic rings. The minimum atomic E-state index is -1.08. The highest BCUT2D eigenvalue weighted by Crippen LogP contribution is 2.38. The summed E-state index contributed by atoms with van der Waals surface area (Å²) in [6, 6.07) is 1.39. The minimum Gasteiger partial charge on any atom is -0.368 e. The number of fused-ring (bicyclic) bond motifs is 1. The number of aromatic nitrogens is 4. The summed E-state index contributed by atoms with van der Waals surface area (Å²) in [7, 11) is 0. The molecule has 2 saturated carbocycles. The number of nitrogens with zero attached hydrogens (tertiary/aromatic N) is 4. The fraction of sp³-hybridized carbons (Fsp3) is 0.429. The zero-order valence-electron chi connectivity index (χ0n) is 17.1. The lowest BCUT2D eigenvalue weighted by Crippen LogP contribution is -2.34. The quantitative estimate of drug-likeness (QED) is 0.554. The third kappa shape index (κ3) is 3.94. The van der Waals surface area contributed by atoms with Crippen LogP contribution in [0.5, 0.6) is 0 Å². The number of amides is 1. The van der Waals surface area contributed by atoms with Crippen molar-refractivity contribution in [2.45, 2.75) is 50.6 Å². The Kier molecular flexibility index (Phi) is 5.10. The van der Waals surface area contributed by atoms with Gasteiger partial charge in [0.1, 0.15) is 17.0 Å². The van der Waals surface area contributed by atoms with Crippen molar-refractivity contribution in [3.8, 4) is 0 Å². The molecule has 11 heteroatoms. The van der Waals surface area contributed by atoms with Crippen LogP contribution in [-0.4, -0.2) is 31.5 Å². The van der Waals surface area contributed by atoms with E-state index in [0.717, 1.165) is 12.8 Å². The first-order valence-corrected chi connectivity index (χ1v) is 10.6. The van der Waals surface area contributed by atoms with Gasteiger partial charge in [-0.2, -0.15) is 4.98 Å². The van der Waals surface area contributed by atoms with Gasteiger partial charge in [0.2, 0.25) is 17.8 Å². The van der Waals surface area contributed by atoms with Crippen molar-refractivity contribution >= 4 is 34.7 Å². The molecule has 168 valence electrons. The summed E-state index contributed by atoms with van der Waals surface area (Å²) in [5.41, 5.74) is 6.08. The van der Waals surface area contributed by atoms with Crippen LogP contribution in [0.15, 0.2) is 18.3 Å². The second-order valence-corrected chi connectivity index (χ2v) is 8.40. The van der Waals surface area contributed by atoms with E-state index in [1.54, 1.807) is 4.57 Å². The second kappa shape index (κ2) is 7.95. The third-order valence-electron chi connectivity index (χ3n) is 6.05. The number of anilines is 3. The van der Waals surface area contributed by atoms with E-state index in [-0.39, 0.29) is 29.8 Å². The maximum Gasteiger partial charge on any atom is 0.223 e. The lowest BCUT2D eigenvalue weighted by molar-refractivity contribution is -0.126. The molecule has 0 atom stereocenters. The van der Waals surface area contributed by atoms with Gasteiger partial charge in [-0.3, -0.25) is 9.36 Å². The number of halogens is 3. The van der Waals surface area contributed by atoms with Crippen molar-refractivity contribution < 1.29 is 18.0 Å². The van der Waals surface area contributed by atoms with Gasteiger partial charge in [-0.15, -0.1) is 0 Å². The van der Waals surface area contributed by atoms with Gasteiger partial charge in [0, 0.05) is 30.1 Å². The van der Waals surface area contributed by atoms with Crippen molar-refractivity contribution in [1.29, 1.82) is 0 Å². The number of carbonyl (C=O) groups is 1. The van der Waals surface area contributed by atoms with Crippen LogP contribution in [0, 0.1) is 23.4 Å². The molecule has 0 radical (unpaired) electrons. The molecule has 2 fully saturated rings. The van der Waals surface area contributed by atoms with Crippen molar-refractivity contribution in [1.82, 2.24) is 24.8 Å². The van der Waals surface area contributed by atoms with E-state index in [1.165, 1.54) is 6.20 Å². The van der Waals surface area contributed by atoms with E-state index in [1.807, 2.05) is 0 Å². The predicted molar refractivity (Wildman–Crippen MR) is 111 cm³/mol. The highest BCUT2D eigenvalue weighted by Gasteiger charge is 2.32. The molecule has 0 spiro atoms. The van der Waals surface area contributed by atoms with Crippen LogP contribution in [0.2, 0.25) is 0 Å². The number of nitrogen functional groups attached to an aromatic ring is 1. The standard InChI is InChI=1S/C21H22F3N7O/c22-11-7-14(23)17(15(24)8-11)29-21-28-16-9-26-20(25)30-18(16)31(21)13-5-1-10(2-6-13)19(32)27-12-3-4-12/h7-10,12-13H,1-6H2,(H,27,32)(H,28,29)(H2,25,26,30). The summed E-state index contributed by atoms with van der Waals surface area (Å²) in [6.07, 6.45) is 6.15. The Morgan fingerprint density at radius 2 is 1.72 bits per heavy atom. The fourth-order valence-electron chi connectivity index (χ4n) is 4.25. The molecule has 1 amide bonds. The number of hydrogen-bond donors (Lipinski definition) is 3. The smallest absolute Gasteiger partial charge is 0.223 e. The molecule has 0 unspecified atom stereocenters. The maximum atomic E-state index is 14.3.